The lowest BCUT2D eigenvalue weighted by molar-refractivity contribution is -0.137. The summed E-state index contributed by atoms with van der Waals surface area (Å²) in [7, 11) is 0. The van der Waals surface area contributed by atoms with Crippen LogP contribution < -0.4 is 5.46 Å². The fourth-order valence-corrected chi connectivity index (χ4v) is 2.43. The van der Waals surface area contributed by atoms with Gasteiger partial charge in [-0.1, -0.05) is 31.2 Å². The van der Waals surface area contributed by atoms with Crippen LogP contribution in [0.25, 0.3) is 0 Å². The van der Waals surface area contributed by atoms with Gasteiger partial charge in [0.15, 0.2) is 0 Å². The Morgan fingerprint density at radius 1 is 1.11 bits per heavy atom. The van der Waals surface area contributed by atoms with Gasteiger partial charge in [0.25, 0.3) is 0 Å². The highest BCUT2D eigenvalue weighted by Gasteiger charge is 2.47. The van der Waals surface area contributed by atoms with E-state index in [2.05, 4.69) is 0 Å². The van der Waals surface area contributed by atoms with Crippen molar-refractivity contribution in [1.82, 2.24) is 0 Å². The van der Waals surface area contributed by atoms with Gasteiger partial charge in [0.05, 0.1) is 5.56 Å². The molecule has 3 nitrogen and oxygen atoms in total. The molecule has 0 aliphatic carbocycles. The van der Waals surface area contributed by atoms with Crippen LogP contribution in [0.15, 0.2) is 24.3 Å². The van der Waals surface area contributed by atoms with E-state index < -0.39 is 18.5 Å². The molecule has 0 atom stereocenters. The van der Waals surface area contributed by atoms with Crippen LogP contribution in [-0.4, -0.2) is 26.6 Å². The van der Waals surface area contributed by atoms with Crippen molar-refractivity contribution < 1.29 is 27.1 Å². The van der Waals surface area contributed by atoms with Gasteiger partial charge in [-0.25, -0.2) is 0 Å². The third-order valence-electron chi connectivity index (χ3n) is 3.58. The Hall–Kier alpha value is -1.05. The Kier molecular flexibility index (Phi) is 2.71. The van der Waals surface area contributed by atoms with Gasteiger partial charge in [0, 0.05) is 25.2 Å². The Morgan fingerprint density at radius 3 is 2.21 bits per heavy atom. The molecule has 4 rings (SSSR count). The minimum Gasteiger partial charge on any atom is -0.540 e. The first-order valence-electron chi connectivity index (χ1n) is 6.06. The highest BCUT2D eigenvalue weighted by Crippen LogP contribution is 2.36. The second-order valence-corrected chi connectivity index (χ2v) is 5.51. The average molecular weight is 273 g/mol. The first-order chi connectivity index (χ1) is 8.83. The van der Waals surface area contributed by atoms with E-state index in [4.69, 9.17) is 14.0 Å². The van der Waals surface area contributed by atoms with Crippen LogP contribution in [0.1, 0.15) is 12.5 Å². The second kappa shape index (κ2) is 3.97. The molecule has 0 spiro atoms. The fraction of sp³-hybridized carbons (Fsp3) is 0.500. The van der Waals surface area contributed by atoms with Crippen molar-refractivity contribution in [3.63, 3.8) is 0 Å². The van der Waals surface area contributed by atoms with Gasteiger partial charge in [-0.15, -0.1) is 5.46 Å². The molecule has 3 fully saturated rings. The molecule has 0 radical (unpaired) electrons. The van der Waals surface area contributed by atoms with Crippen molar-refractivity contribution in [3.8, 4) is 0 Å². The van der Waals surface area contributed by atoms with E-state index in [1.165, 1.54) is 6.07 Å². The van der Waals surface area contributed by atoms with E-state index in [-0.39, 0.29) is 5.41 Å². The van der Waals surface area contributed by atoms with E-state index in [0.717, 1.165) is 12.1 Å². The van der Waals surface area contributed by atoms with Crippen molar-refractivity contribution >= 4 is 12.2 Å². The Morgan fingerprint density at radius 2 is 1.68 bits per heavy atom. The van der Waals surface area contributed by atoms with E-state index >= 15 is 0 Å². The van der Waals surface area contributed by atoms with E-state index in [1.54, 1.807) is 6.07 Å². The summed E-state index contributed by atoms with van der Waals surface area (Å²) < 4.78 is 54.9. The molecule has 1 aromatic carbocycles. The van der Waals surface area contributed by atoms with Crippen LogP contribution in [-0.2, 0) is 20.1 Å². The largest absolute Gasteiger partial charge is 0.540 e. The smallest absolute Gasteiger partial charge is 0.416 e. The summed E-state index contributed by atoms with van der Waals surface area (Å²) in [5.74, 6) is 0. The number of halogens is 3. The first kappa shape index (κ1) is 13.0. The third kappa shape index (κ3) is 2.15. The molecule has 0 amide bonds. The number of hydrogen-bond acceptors (Lipinski definition) is 3. The zero-order valence-corrected chi connectivity index (χ0v) is 10.4. The lowest BCUT2D eigenvalue weighted by atomic mass is 9.64. The number of rotatable bonds is 1. The molecule has 0 saturated carbocycles. The Labute approximate surface area is 108 Å². The summed E-state index contributed by atoms with van der Waals surface area (Å²) >= 11 is 0. The van der Waals surface area contributed by atoms with Crippen LogP contribution in [0.2, 0.25) is 0 Å². The monoisotopic (exact) mass is 273 g/mol. The Balaban J connectivity index is 1.95. The third-order valence-corrected chi connectivity index (χ3v) is 3.58. The molecule has 104 valence electrons. The lowest BCUT2D eigenvalue weighted by Crippen LogP contribution is -2.68. The standard InChI is InChI=1S/C12H13BF3O3/c1-11-6-17-13(18-7-11,19-8-11)10-4-2-3-9(5-10)12(14,15)16/h2-5H,6-8H2,1H3/q-1. The molecule has 0 N–H and O–H groups in total. The summed E-state index contributed by atoms with van der Waals surface area (Å²) in [5.41, 5.74) is -0.627. The SMILES string of the molecule is CC12CO[B-](c3cccc(C(F)(F)F)c3)(OC1)OC2. The molecule has 3 aliphatic heterocycles. The summed E-state index contributed by atoms with van der Waals surface area (Å²) in [4.78, 5) is 0. The highest BCUT2D eigenvalue weighted by atomic mass is 19.4. The quantitative estimate of drug-likeness (QED) is 0.732. The molecular weight excluding hydrogens is 260 g/mol. The van der Waals surface area contributed by atoms with Crippen LogP contribution in [0.4, 0.5) is 13.2 Å². The molecule has 7 heteroatoms. The molecule has 3 saturated heterocycles. The molecular formula is C12H13BF3O3-. The summed E-state index contributed by atoms with van der Waals surface area (Å²) in [6.45, 7) is 1.03. The van der Waals surface area contributed by atoms with Crippen LogP contribution in [0.5, 0.6) is 0 Å². The Bertz CT molecular complexity index is 479. The molecule has 0 unspecified atom stereocenters. The molecule has 2 bridgehead atoms. The van der Waals surface area contributed by atoms with E-state index in [0.29, 0.717) is 25.3 Å². The first-order valence-corrected chi connectivity index (χ1v) is 6.06. The zero-order chi connectivity index (χ0) is 13.7. The van der Waals surface area contributed by atoms with E-state index in [9.17, 15) is 13.2 Å². The van der Waals surface area contributed by atoms with Gasteiger partial charge >= 0.3 is 12.9 Å². The van der Waals surface area contributed by atoms with Gasteiger partial charge < -0.3 is 14.0 Å². The summed E-state index contributed by atoms with van der Waals surface area (Å²) in [5, 5.41) is 0. The molecule has 19 heavy (non-hydrogen) atoms. The van der Waals surface area contributed by atoms with Gasteiger partial charge in [-0.2, -0.15) is 13.2 Å². The topological polar surface area (TPSA) is 27.7 Å². The maximum Gasteiger partial charge on any atom is 0.416 e. The zero-order valence-electron chi connectivity index (χ0n) is 10.4. The number of fused-ring (bicyclic) bond motifs is 3. The van der Waals surface area contributed by atoms with Gasteiger partial charge in [0.2, 0.25) is 0 Å². The van der Waals surface area contributed by atoms with E-state index in [1.807, 2.05) is 6.92 Å². The number of benzene rings is 1. The average Bonchev–Trinajstić information content (AvgIpc) is 2.39. The highest BCUT2D eigenvalue weighted by molar-refractivity contribution is 6.75. The maximum absolute atomic E-state index is 12.7. The predicted octanol–water partition coefficient (Wildman–Crippen LogP) is 1.93. The molecule has 3 heterocycles. The van der Waals surface area contributed by atoms with Crippen molar-refractivity contribution in [2.45, 2.75) is 13.1 Å². The summed E-state index contributed by atoms with van der Waals surface area (Å²) in [6, 6.07) is 4.94. The normalized spacial score (nSPS) is 34.5. The maximum atomic E-state index is 12.7. The molecule has 3 aliphatic rings. The fourth-order valence-electron chi connectivity index (χ4n) is 2.43. The predicted molar refractivity (Wildman–Crippen MR) is 62.8 cm³/mol. The van der Waals surface area contributed by atoms with Crippen molar-refractivity contribution in [1.29, 1.82) is 0 Å². The molecule has 0 aromatic heterocycles. The number of hydrogen-bond donors (Lipinski definition) is 0. The summed E-state index contributed by atoms with van der Waals surface area (Å²) in [6.07, 6.45) is -4.39. The lowest BCUT2D eigenvalue weighted by Gasteiger charge is -2.58. The molecule has 1 aromatic rings. The van der Waals surface area contributed by atoms with Crippen LogP contribution in [0.3, 0.4) is 0 Å². The van der Waals surface area contributed by atoms with Crippen molar-refractivity contribution in [3.05, 3.63) is 29.8 Å². The second-order valence-electron chi connectivity index (χ2n) is 5.51. The van der Waals surface area contributed by atoms with Crippen LogP contribution >= 0.6 is 0 Å². The van der Waals surface area contributed by atoms with Gasteiger partial charge in [-0.3, -0.25) is 0 Å². The van der Waals surface area contributed by atoms with Crippen molar-refractivity contribution in [2.75, 3.05) is 19.8 Å². The minimum atomic E-state index is -4.39. The minimum absolute atomic E-state index is 0.203. The van der Waals surface area contributed by atoms with Gasteiger partial charge in [-0.05, 0) is 0 Å². The number of alkyl halides is 3. The van der Waals surface area contributed by atoms with Gasteiger partial charge in [0.1, 0.15) is 0 Å². The van der Waals surface area contributed by atoms with Crippen molar-refractivity contribution in [2.24, 2.45) is 5.41 Å². The van der Waals surface area contributed by atoms with Crippen LogP contribution in [0, 0.1) is 5.41 Å².